The van der Waals surface area contributed by atoms with Crippen molar-refractivity contribution in [2.45, 2.75) is 6.54 Å². The average molecular weight is 318 g/mol. The fourth-order valence-electron chi connectivity index (χ4n) is 1.47. The molecular formula is C10H10BrClN4O. The summed E-state index contributed by atoms with van der Waals surface area (Å²) in [7, 11) is 1.61. The van der Waals surface area contributed by atoms with Gasteiger partial charge in [0.15, 0.2) is 4.73 Å². The molecule has 1 heterocycles. The third-order valence-corrected chi connectivity index (χ3v) is 3.03. The fourth-order valence-corrected chi connectivity index (χ4v) is 2.05. The Bertz CT molecular complexity index is 543. The molecule has 0 saturated heterocycles. The van der Waals surface area contributed by atoms with Crippen LogP contribution in [-0.4, -0.2) is 21.9 Å². The molecule has 0 aliphatic heterocycles. The van der Waals surface area contributed by atoms with Crippen molar-refractivity contribution in [1.29, 1.82) is 0 Å². The van der Waals surface area contributed by atoms with Gasteiger partial charge in [0.05, 0.1) is 13.7 Å². The lowest BCUT2D eigenvalue weighted by Crippen LogP contribution is -2.04. The van der Waals surface area contributed by atoms with Crippen molar-refractivity contribution in [3.8, 4) is 5.75 Å². The van der Waals surface area contributed by atoms with Gasteiger partial charge in [-0.15, -0.1) is 5.10 Å². The second kappa shape index (κ2) is 4.93. The molecular weight excluding hydrogens is 307 g/mol. The molecule has 2 aromatic rings. The minimum Gasteiger partial charge on any atom is -0.496 e. The molecule has 17 heavy (non-hydrogen) atoms. The third kappa shape index (κ3) is 2.70. The molecule has 1 aromatic heterocycles. The number of hydrogen-bond donors (Lipinski definition) is 1. The second-order valence-electron chi connectivity index (χ2n) is 3.35. The Kier molecular flexibility index (Phi) is 3.54. The zero-order chi connectivity index (χ0) is 12.4. The van der Waals surface area contributed by atoms with Crippen LogP contribution >= 0.6 is 27.5 Å². The number of anilines is 1. The van der Waals surface area contributed by atoms with E-state index < -0.39 is 0 Å². The minimum atomic E-state index is 0.220. The first-order chi connectivity index (χ1) is 8.10. The van der Waals surface area contributed by atoms with E-state index in [0.29, 0.717) is 16.3 Å². The van der Waals surface area contributed by atoms with Crippen molar-refractivity contribution >= 4 is 33.5 Å². The van der Waals surface area contributed by atoms with Crippen LogP contribution in [0.1, 0.15) is 5.56 Å². The van der Waals surface area contributed by atoms with Crippen molar-refractivity contribution in [3.63, 3.8) is 0 Å². The first-order valence-electron chi connectivity index (χ1n) is 4.78. The van der Waals surface area contributed by atoms with Crippen LogP contribution in [0.5, 0.6) is 5.75 Å². The summed E-state index contributed by atoms with van der Waals surface area (Å²) in [6.45, 7) is 0.481. The van der Waals surface area contributed by atoms with Gasteiger partial charge in [-0.3, -0.25) is 0 Å². The molecule has 0 radical (unpaired) electrons. The Morgan fingerprint density at radius 1 is 1.53 bits per heavy atom. The molecule has 0 bridgehead atoms. The lowest BCUT2D eigenvalue weighted by atomic mass is 10.2. The highest BCUT2D eigenvalue weighted by molar-refractivity contribution is 9.10. The maximum absolute atomic E-state index is 5.95. The van der Waals surface area contributed by atoms with Crippen LogP contribution in [0.4, 0.5) is 5.95 Å². The Morgan fingerprint density at radius 2 is 2.29 bits per heavy atom. The molecule has 5 nitrogen and oxygen atoms in total. The molecule has 0 amide bonds. The molecule has 1 aromatic carbocycles. The maximum atomic E-state index is 5.95. The molecule has 0 spiro atoms. The third-order valence-electron chi connectivity index (χ3n) is 2.21. The van der Waals surface area contributed by atoms with Crippen LogP contribution < -0.4 is 10.5 Å². The van der Waals surface area contributed by atoms with Crippen molar-refractivity contribution < 1.29 is 4.74 Å². The van der Waals surface area contributed by atoms with E-state index in [-0.39, 0.29) is 5.95 Å². The number of halogens is 2. The van der Waals surface area contributed by atoms with E-state index in [1.807, 2.05) is 12.1 Å². The van der Waals surface area contributed by atoms with Crippen LogP contribution in [0.15, 0.2) is 22.9 Å². The molecule has 2 N–H and O–H groups in total. The van der Waals surface area contributed by atoms with Gasteiger partial charge >= 0.3 is 0 Å². The van der Waals surface area contributed by atoms with Gasteiger partial charge in [0.1, 0.15) is 5.75 Å². The van der Waals surface area contributed by atoms with Crippen molar-refractivity contribution in [2.24, 2.45) is 0 Å². The number of rotatable bonds is 3. The lowest BCUT2D eigenvalue weighted by molar-refractivity contribution is 0.407. The van der Waals surface area contributed by atoms with Crippen LogP contribution in [0.25, 0.3) is 0 Å². The van der Waals surface area contributed by atoms with E-state index in [1.165, 1.54) is 0 Å². The Balaban J connectivity index is 2.35. The van der Waals surface area contributed by atoms with Crippen molar-refractivity contribution in [2.75, 3.05) is 12.8 Å². The molecule has 90 valence electrons. The van der Waals surface area contributed by atoms with Gasteiger partial charge in [-0.25, -0.2) is 4.68 Å². The van der Waals surface area contributed by atoms with E-state index in [1.54, 1.807) is 17.9 Å². The Labute approximate surface area is 112 Å². The van der Waals surface area contributed by atoms with E-state index in [9.17, 15) is 0 Å². The average Bonchev–Trinajstić information content (AvgIpc) is 2.58. The summed E-state index contributed by atoms with van der Waals surface area (Å²) >= 11 is 9.22. The standard InChI is InChI=1S/C10H10BrClN4O/c1-17-8-3-2-7(12)4-6(8)5-16-9(11)14-10(13)15-16/h2-4H,5H2,1H3,(H2,13,15). The molecule has 7 heteroatoms. The highest BCUT2D eigenvalue weighted by Crippen LogP contribution is 2.24. The van der Waals surface area contributed by atoms with Gasteiger partial charge in [0, 0.05) is 10.6 Å². The highest BCUT2D eigenvalue weighted by atomic mass is 79.9. The van der Waals surface area contributed by atoms with Gasteiger partial charge in [-0.2, -0.15) is 4.98 Å². The zero-order valence-corrected chi connectivity index (χ0v) is 11.4. The van der Waals surface area contributed by atoms with Gasteiger partial charge in [0.25, 0.3) is 0 Å². The number of nitrogens with two attached hydrogens (primary N) is 1. The zero-order valence-electron chi connectivity index (χ0n) is 9.02. The minimum absolute atomic E-state index is 0.220. The summed E-state index contributed by atoms with van der Waals surface area (Å²) in [5.74, 6) is 0.966. The van der Waals surface area contributed by atoms with E-state index in [2.05, 4.69) is 26.0 Å². The molecule has 0 fully saturated rings. The summed E-state index contributed by atoms with van der Waals surface area (Å²) in [6, 6.07) is 5.41. The first-order valence-corrected chi connectivity index (χ1v) is 5.95. The molecule has 0 aliphatic carbocycles. The predicted molar refractivity (Wildman–Crippen MR) is 69.2 cm³/mol. The summed E-state index contributed by atoms with van der Waals surface area (Å²) in [5.41, 5.74) is 6.41. The number of aromatic nitrogens is 3. The number of nitrogen functional groups attached to an aromatic ring is 1. The Hall–Kier alpha value is -1.27. The summed E-state index contributed by atoms with van der Waals surface area (Å²) in [5, 5.41) is 4.69. The van der Waals surface area contributed by atoms with E-state index in [4.69, 9.17) is 22.1 Å². The predicted octanol–water partition coefficient (Wildman–Crippen LogP) is 2.33. The smallest absolute Gasteiger partial charge is 0.240 e. The number of benzene rings is 1. The fraction of sp³-hybridized carbons (Fsp3) is 0.200. The number of methoxy groups -OCH3 is 1. The van der Waals surface area contributed by atoms with Gasteiger partial charge in [-0.05, 0) is 34.1 Å². The van der Waals surface area contributed by atoms with Gasteiger partial charge in [0.2, 0.25) is 5.95 Å². The molecule has 0 unspecified atom stereocenters. The van der Waals surface area contributed by atoms with Gasteiger partial charge < -0.3 is 10.5 Å². The van der Waals surface area contributed by atoms with Crippen LogP contribution in [0, 0.1) is 0 Å². The first kappa shape index (κ1) is 12.2. The molecule has 2 rings (SSSR count). The summed E-state index contributed by atoms with van der Waals surface area (Å²) < 4.78 is 7.45. The van der Waals surface area contributed by atoms with Crippen molar-refractivity contribution in [3.05, 3.63) is 33.5 Å². The van der Waals surface area contributed by atoms with Crippen LogP contribution in [0.3, 0.4) is 0 Å². The monoisotopic (exact) mass is 316 g/mol. The van der Waals surface area contributed by atoms with Crippen molar-refractivity contribution in [1.82, 2.24) is 14.8 Å². The van der Waals surface area contributed by atoms with E-state index >= 15 is 0 Å². The second-order valence-corrected chi connectivity index (χ2v) is 4.50. The lowest BCUT2D eigenvalue weighted by Gasteiger charge is -2.09. The van der Waals surface area contributed by atoms with E-state index in [0.717, 1.165) is 11.3 Å². The normalized spacial score (nSPS) is 10.5. The highest BCUT2D eigenvalue weighted by Gasteiger charge is 2.09. The number of ether oxygens (including phenoxy) is 1. The molecule has 0 aliphatic rings. The van der Waals surface area contributed by atoms with Crippen LogP contribution in [-0.2, 0) is 6.54 Å². The molecule has 0 atom stereocenters. The summed E-state index contributed by atoms with van der Waals surface area (Å²) in [6.07, 6.45) is 0. The van der Waals surface area contributed by atoms with Gasteiger partial charge in [-0.1, -0.05) is 11.6 Å². The summed E-state index contributed by atoms with van der Waals surface area (Å²) in [4.78, 5) is 3.96. The quantitative estimate of drug-likeness (QED) is 0.943. The largest absolute Gasteiger partial charge is 0.496 e. The number of nitrogens with zero attached hydrogens (tertiary/aromatic N) is 3. The Morgan fingerprint density at radius 3 is 2.88 bits per heavy atom. The topological polar surface area (TPSA) is 66.0 Å². The number of hydrogen-bond acceptors (Lipinski definition) is 4. The SMILES string of the molecule is COc1ccc(Cl)cc1Cn1nc(N)nc1Br. The van der Waals surface area contributed by atoms with Crippen LogP contribution in [0.2, 0.25) is 5.02 Å². The maximum Gasteiger partial charge on any atom is 0.240 e. The molecule has 0 saturated carbocycles.